The van der Waals surface area contributed by atoms with Crippen LogP contribution in [0.25, 0.3) is 16.6 Å². The second-order valence-corrected chi connectivity index (χ2v) is 3.97. The highest BCUT2D eigenvalue weighted by Gasteiger charge is 2.02. The van der Waals surface area contributed by atoms with Crippen molar-refractivity contribution in [2.24, 2.45) is 7.05 Å². The van der Waals surface area contributed by atoms with Crippen LogP contribution in [0.1, 0.15) is 0 Å². The summed E-state index contributed by atoms with van der Waals surface area (Å²) in [5.74, 6) is 0. The van der Waals surface area contributed by atoms with E-state index in [4.69, 9.17) is 0 Å². The van der Waals surface area contributed by atoms with Gasteiger partial charge >= 0.3 is 0 Å². The Morgan fingerprint density at radius 2 is 1.65 bits per heavy atom. The summed E-state index contributed by atoms with van der Waals surface area (Å²) in [7, 11) is 2.03. The molecule has 0 N–H and O–H groups in total. The number of nitrogens with zero attached hydrogens (tertiary/aromatic N) is 2. The molecule has 0 amide bonds. The van der Waals surface area contributed by atoms with Gasteiger partial charge in [-0.1, -0.05) is 18.2 Å². The van der Waals surface area contributed by atoms with Gasteiger partial charge in [0, 0.05) is 18.3 Å². The number of aryl methyl sites for hydroxylation is 1. The lowest BCUT2D eigenvalue weighted by molar-refractivity contribution is -0.671. The molecule has 86 valence electrons. The maximum Gasteiger partial charge on any atom is 0.170 e. The second-order valence-electron chi connectivity index (χ2n) is 3.97. The van der Waals surface area contributed by atoms with Gasteiger partial charge in [0.25, 0.3) is 0 Å². The zero-order valence-electron chi connectivity index (χ0n) is 9.55. The molecule has 3 heteroatoms. The average molecular weight is 336 g/mol. The van der Waals surface area contributed by atoms with Gasteiger partial charge in [-0.2, -0.15) is 0 Å². The molecule has 17 heavy (non-hydrogen) atoms. The lowest BCUT2D eigenvalue weighted by Crippen LogP contribution is -3.00. The number of pyridine rings is 1. The van der Waals surface area contributed by atoms with Crippen molar-refractivity contribution < 1.29 is 28.5 Å². The van der Waals surface area contributed by atoms with E-state index in [1.165, 1.54) is 16.6 Å². The van der Waals surface area contributed by atoms with Gasteiger partial charge in [0.1, 0.15) is 7.05 Å². The van der Waals surface area contributed by atoms with Crippen molar-refractivity contribution >= 4 is 10.9 Å². The van der Waals surface area contributed by atoms with Gasteiger partial charge in [0.2, 0.25) is 0 Å². The molecule has 0 aliphatic rings. The number of fused-ring (bicyclic) bond motifs is 1. The molecule has 0 radical (unpaired) electrons. The molecule has 0 bridgehead atoms. The van der Waals surface area contributed by atoms with Crippen LogP contribution in [0, 0.1) is 0 Å². The predicted octanol–water partition coefficient (Wildman–Crippen LogP) is -0.541. The fraction of sp³-hybridized carbons (Fsp3) is 0.0714. The van der Waals surface area contributed by atoms with Crippen molar-refractivity contribution in [3.8, 4) is 5.69 Å². The maximum atomic E-state index is 2.20. The Kier molecular flexibility index (Phi) is 3.47. The van der Waals surface area contributed by atoms with Gasteiger partial charge in [-0.3, -0.25) is 0 Å². The Hall–Kier alpha value is -1.36. The van der Waals surface area contributed by atoms with Gasteiger partial charge < -0.3 is 28.5 Å². The van der Waals surface area contributed by atoms with Crippen molar-refractivity contribution in [3.05, 3.63) is 61.1 Å². The molecular weight excluding hydrogens is 323 g/mol. The summed E-state index contributed by atoms with van der Waals surface area (Å²) in [6, 6.07) is 14.8. The summed E-state index contributed by atoms with van der Waals surface area (Å²) in [5.41, 5.74) is 2.44. The molecule has 0 aliphatic carbocycles. The molecule has 3 aromatic rings. The van der Waals surface area contributed by atoms with Crippen LogP contribution in [-0.2, 0) is 7.05 Å². The first kappa shape index (κ1) is 12.1. The Morgan fingerprint density at radius 1 is 0.941 bits per heavy atom. The summed E-state index contributed by atoms with van der Waals surface area (Å²) in [6.07, 6.45) is 6.23. The van der Waals surface area contributed by atoms with Crippen molar-refractivity contribution in [2.75, 3.05) is 0 Å². The molecule has 2 nitrogen and oxygen atoms in total. The van der Waals surface area contributed by atoms with Crippen LogP contribution < -0.4 is 28.5 Å². The van der Waals surface area contributed by atoms with Crippen molar-refractivity contribution in [1.82, 2.24) is 4.57 Å². The van der Waals surface area contributed by atoms with E-state index in [9.17, 15) is 0 Å². The Labute approximate surface area is 118 Å². The third-order valence-corrected chi connectivity index (χ3v) is 2.84. The van der Waals surface area contributed by atoms with E-state index < -0.39 is 0 Å². The number of halogens is 1. The molecule has 0 spiro atoms. The Bertz CT molecular complexity index is 626. The first-order valence-corrected chi connectivity index (χ1v) is 5.36. The molecule has 2 aromatic heterocycles. The normalized spacial score (nSPS) is 10.2. The standard InChI is InChI=1S/C14H13N2.HI/c1-15-9-7-13(8-10-15)16-11-6-12-4-2-3-5-14(12)16;/h2-11H,1H3;1H/q+1;/p-1. The summed E-state index contributed by atoms with van der Waals surface area (Å²) < 4.78 is 4.24. The van der Waals surface area contributed by atoms with Gasteiger partial charge in [0.15, 0.2) is 12.4 Å². The molecule has 0 saturated carbocycles. The summed E-state index contributed by atoms with van der Waals surface area (Å²) in [6.45, 7) is 0. The largest absolute Gasteiger partial charge is 1.00 e. The Balaban J connectivity index is 0.00000108. The number of rotatable bonds is 1. The second kappa shape index (κ2) is 4.87. The molecule has 1 aromatic carbocycles. The number of hydrogen-bond acceptors (Lipinski definition) is 0. The van der Waals surface area contributed by atoms with Gasteiger partial charge in [-0.15, -0.1) is 0 Å². The number of para-hydroxylation sites is 1. The van der Waals surface area contributed by atoms with Gasteiger partial charge in [0.05, 0.1) is 11.2 Å². The van der Waals surface area contributed by atoms with Crippen molar-refractivity contribution in [1.29, 1.82) is 0 Å². The fourth-order valence-corrected chi connectivity index (χ4v) is 1.96. The molecule has 0 fully saturated rings. The zero-order valence-corrected chi connectivity index (χ0v) is 11.7. The highest BCUT2D eigenvalue weighted by Crippen LogP contribution is 2.19. The van der Waals surface area contributed by atoms with Crippen LogP contribution in [0.4, 0.5) is 0 Å². The number of benzene rings is 1. The lowest BCUT2D eigenvalue weighted by Gasteiger charge is -2.03. The average Bonchev–Trinajstić information content (AvgIpc) is 2.74. The van der Waals surface area contributed by atoms with Crippen molar-refractivity contribution in [3.63, 3.8) is 0 Å². The molecule has 0 unspecified atom stereocenters. The maximum absolute atomic E-state index is 2.20. The summed E-state index contributed by atoms with van der Waals surface area (Å²) in [4.78, 5) is 0. The first-order chi connectivity index (χ1) is 7.84. The van der Waals surface area contributed by atoms with Gasteiger partial charge in [-0.05, 0) is 17.5 Å². The lowest BCUT2D eigenvalue weighted by atomic mass is 10.2. The van der Waals surface area contributed by atoms with Crippen LogP contribution >= 0.6 is 0 Å². The van der Waals surface area contributed by atoms with E-state index in [0.29, 0.717) is 0 Å². The topological polar surface area (TPSA) is 8.81 Å². The van der Waals surface area contributed by atoms with E-state index >= 15 is 0 Å². The van der Waals surface area contributed by atoms with E-state index in [-0.39, 0.29) is 24.0 Å². The molecule has 3 rings (SSSR count). The minimum atomic E-state index is 0. The minimum Gasteiger partial charge on any atom is -1.00 e. The quantitative estimate of drug-likeness (QED) is 0.417. The number of aromatic nitrogens is 2. The fourth-order valence-electron chi connectivity index (χ4n) is 1.96. The van der Waals surface area contributed by atoms with E-state index in [2.05, 4.69) is 65.6 Å². The summed E-state index contributed by atoms with van der Waals surface area (Å²) in [5, 5.41) is 1.27. The Morgan fingerprint density at radius 3 is 2.41 bits per heavy atom. The molecule has 0 aliphatic heterocycles. The third kappa shape index (κ3) is 2.20. The molecule has 0 saturated heterocycles. The van der Waals surface area contributed by atoms with Crippen LogP contribution in [0.5, 0.6) is 0 Å². The van der Waals surface area contributed by atoms with Crippen LogP contribution in [0.3, 0.4) is 0 Å². The molecule has 0 atom stereocenters. The monoisotopic (exact) mass is 336 g/mol. The van der Waals surface area contributed by atoms with Crippen LogP contribution in [-0.4, -0.2) is 4.57 Å². The highest BCUT2D eigenvalue weighted by molar-refractivity contribution is 5.81. The van der Waals surface area contributed by atoms with Gasteiger partial charge in [-0.25, -0.2) is 4.57 Å². The van der Waals surface area contributed by atoms with Crippen LogP contribution in [0.15, 0.2) is 61.1 Å². The minimum absolute atomic E-state index is 0. The van der Waals surface area contributed by atoms with E-state index in [0.717, 1.165) is 0 Å². The smallest absolute Gasteiger partial charge is 0.170 e. The van der Waals surface area contributed by atoms with Crippen LogP contribution in [0.2, 0.25) is 0 Å². The van der Waals surface area contributed by atoms with E-state index in [1.54, 1.807) is 0 Å². The van der Waals surface area contributed by atoms with E-state index in [1.807, 2.05) is 11.6 Å². The SMILES string of the molecule is C[n+]1ccc(-n2ccc3ccccc32)cc1.[I-]. The van der Waals surface area contributed by atoms with Crippen molar-refractivity contribution in [2.45, 2.75) is 0 Å². The zero-order chi connectivity index (χ0) is 11.0. The molecular formula is C14H13IN2. The summed E-state index contributed by atoms with van der Waals surface area (Å²) >= 11 is 0. The number of hydrogen-bond donors (Lipinski definition) is 0. The third-order valence-electron chi connectivity index (χ3n) is 2.84. The highest BCUT2D eigenvalue weighted by atomic mass is 127. The molecule has 2 heterocycles. The first-order valence-electron chi connectivity index (χ1n) is 5.36. The predicted molar refractivity (Wildman–Crippen MR) is 64.5 cm³/mol.